The molecule has 3 N–H and O–H groups in total. The Morgan fingerprint density at radius 2 is 2.21 bits per heavy atom. The minimum Gasteiger partial charge on any atom is -0.445 e. The van der Waals surface area contributed by atoms with Gasteiger partial charge in [-0.25, -0.2) is 4.79 Å². The molecule has 1 aromatic carbocycles. The van der Waals surface area contributed by atoms with E-state index in [2.05, 4.69) is 10.6 Å². The lowest BCUT2D eigenvalue weighted by Crippen LogP contribution is -2.30. The van der Waals surface area contributed by atoms with Crippen molar-refractivity contribution in [1.82, 2.24) is 10.6 Å². The number of aliphatic hydroxyl groups is 1. The number of hydrogen-bond donors (Lipinski definition) is 3. The van der Waals surface area contributed by atoms with E-state index in [1.165, 1.54) is 0 Å². The highest BCUT2D eigenvalue weighted by Crippen LogP contribution is 2.12. The first-order valence-corrected chi connectivity index (χ1v) is 6.56. The molecule has 1 unspecified atom stereocenters. The first kappa shape index (κ1) is 13.8. The molecule has 104 valence electrons. The third-order valence-corrected chi connectivity index (χ3v) is 3.28. The zero-order chi connectivity index (χ0) is 13.5. The smallest absolute Gasteiger partial charge is 0.407 e. The standard InChI is InChI=1S/C14H20N2O3/c17-9-13-6-12(7-15-13)8-16-14(18)19-10-11-4-2-1-3-5-11/h1-5,12-13,15,17H,6-10H2,(H,16,18)/t12?,13-/m0/s1. The Balaban J connectivity index is 1.63. The fraction of sp³-hybridized carbons (Fsp3) is 0.500. The zero-order valence-electron chi connectivity index (χ0n) is 10.8. The molecular formula is C14H20N2O3. The first-order chi connectivity index (χ1) is 9.28. The highest BCUT2D eigenvalue weighted by Gasteiger charge is 2.23. The molecule has 1 aliphatic rings. The van der Waals surface area contributed by atoms with Gasteiger partial charge in [-0.05, 0) is 17.9 Å². The van der Waals surface area contributed by atoms with Crippen LogP contribution < -0.4 is 10.6 Å². The van der Waals surface area contributed by atoms with Gasteiger partial charge in [0, 0.05) is 19.1 Å². The van der Waals surface area contributed by atoms with E-state index in [1.807, 2.05) is 30.3 Å². The van der Waals surface area contributed by atoms with Crippen LogP contribution >= 0.6 is 0 Å². The molecule has 2 rings (SSSR count). The fourth-order valence-corrected chi connectivity index (χ4v) is 2.20. The van der Waals surface area contributed by atoms with Crippen LogP contribution in [0, 0.1) is 5.92 Å². The lowest BCUT2D eigenvalue weighted by Gasteiger charge is -2.11. The molecule has 1 amide bonds. The van der Waals surface area contributed by atoms with Crippen LogP contribution in [0.3, 0.4) is 0 Å². The second kappa shape index (κ2) is 7.11. The van der Waals surface area contributed by atoms with Gasteiger partial charge in [-0.1, -0.05) is 30.3 Å². The number of carbonyl (C=O) groups is 1. The molecule has 0 aromatic heterocycles. The van der Waals surface area contributed by atoms with Crippen LogP contribution in [0.1, 0.15) is 12.0 Å². The van der Waals surface area contributed by atoms with Crippen LogP contribution in [0.4, 0.5) is 4.79 Å². The fourth-order valence-electron chi connectivity index (χ4n) is 2.20. The van der Waals surface area contributed by atoms with Crippen LogP contribution in [-0.2, 0) is 11.3 Å². The van der Waals surface area contributed by atoms with Gasteiger partial charge in [0.1, 0.15) is 6.61 Å². The Hall–Kier alpha value is -1.59. The lowest BCUT2D eigenvalue weighted by molar-refractivity contribution is 0.138. The van der Waals surface area contributed by atoms with Gasteiger partial charge in [-0.2, -0.15) is 0 Å². The summed E-state index contributed by atoms with van der Waals surface area (Å²) in [7, 11) is 0. The number of carbonyl (C=O) groups excluding carboxylic acids is 1. The second-order valence-electron chi connectivity index (χ2n) is 4.83. The average Bonchev–Trinajstić information content (AvgIpc) is 2.92. The van der Waals surface area contributed by atoms with E-state index in [9.17, 15) is 4.79 Å². The molecule has 0 aliphatic carbocycles. The minimum absolute atomic E-state index is 0.148. The maximum absolute atomic E-state index is 11.5. The summed E-state index contributed by atoms with van der Waals surface area (Å²) in [5.41, 5.74) is 0.973. The molecule has 19 heavy (non-hydrogen) atoms. The number of benzene rings is 1. The summed E-state index contributed by atoms with van der Waals surface area (Å²) in [6.45, 7) is 1.84. The Kier molecular flexibility index (Phi) is 5.18. The topological polar surface area (TPSA) is 70.6 Å². The van der Waals surface area contributed by atoms with Crippen molar-refractivity contribution in [3.05, 3.63) is 35.9 Å². The van der Waals surface area contributed by atoms with Crippen molar-refractivity contribution in [2.75, 3.05) is 19.7 Å². The molecule has 5 nitrogen and oxygen atoms in total. The van der Waals surface area contributed by atoms with Crippen LogP contribution in [0.2, 0.25) is 0 Å². The normalized spacial score (nSPS) is 22.2. The molecule has 1 fully saturated rings. The summed E-state index contributed by atoms with van der Waals surface area (Å²) in [6, 6.07) is 9.74. The van der Waals surface area contributed by atoms with Crippen molar-refractivity contribution in [3.8, 4) is 0 Å². The van der Waals surface area contributed by atoms with E-state index in [1.54, 1.807) is 0 Å². The van der Waals surface area contributed by atoms with E-state index in [0.717, 1.165) is 18.5 Å². The Morgan fingerprint density at radius 3 is 2.89 bits per heavy atom. The molecule has 0 radical (unpaired) electrons. The Morgan fingerprint density at radius 1 is 1.42 bits per heavy atom. The van der Waals surface area contributed by atoms with E-state index in [4.69, 9.17) is 9.84 Å². The van der Waals surface area contributed by atoms with Gasteiger partial charge in [-0.15, -0.1) is 0 Å². The van der Waals surface area contributed by atoms with Crippen LogP contribution in [0.25, 0.3) is 0 Å². The Labute approximate surface area is 113 Å². The molecule has 5 heteroatoms. The molecule has 0 spiro atoms. The van der Waals surface area contributed by atoms with Gasteiger partial charge in [0.2, 0.25) is 0 Å². The van der Waals surface area contributed by atoms with Gasteiger partial charge >= 0.3 is 6.09 Å². The van der Waals surface area contributed by atoms with E-state index < -0.39 is 6.09 Å². The molecule has 1 aliphatic heterocycles. The SMILES string of the molecule is O=C(NCC1CN[C@H](CO)C1)OCc1ccccc1. The van der Waals surface area contributed by atoms with E-state index in [0.29, 0.717) is 12.5 Å². The van der Waals surface area contributed by atoms with Crippen molar-refractivity contribution in [2.45, 2.75) is 19.1 Å². The number of alkyl carbamates (subject to hydrolysis) is 1. The molecule has 2 atom stereocenters. The molecule has 1 saturated heterocycles. The number of nitrogens with one attached hydrogen (secondary N) is 2. The molecule has 1 heterocycles. The van der Waals surface area contributed by atoms with Gasteiger partial charge in [0.05, 0.1) is 6.61 Å². The quantitative estimate of drug-likeness (QED) is 0.738. The van der Waals surface area contributed by atoms with E-state index >= 15 is 0 Å². The van der Waals surface area contributed by atoms with Crippen LogP contribution in [0.15, 0.2) is 30.3 Å². The monoisotopic (exact) mass is 264 g/mol. The molecular weight excluding hydrogens is 244 g/mol. The second-order valence-corrected chi connectivity index (χ2v) is 4.83. The van der Waals surface area contributed by atoms with Crippen molar-refractivity contribution < 1.29 is 14.6 Å². The third kappa shape index (κ3) is 4.54. The number of amides is 1. The highest BCUT2D eigenvalue weighted by atomic mass is 16.5. The average molecular weight is 264 g/mol. The van der Waals surface area contributed by atoms with Crippen molar-refractivity contribution >= 4 is 6.09 Å². The maximum Gasteiger partial charge on any atom is 0.407 e. The number of ether oxygens (including phenoxy) is 1. The highest BCUT2D eigenvalue weighted by molar-refractivity contribution is 5.67. The predicted octanol–water partition coefficient (Wildman–Crippen LogP) is 0.883. The van der Waals surface area contributed by atoms with Crippen LogP contribution in [-0.4, -0.2) is 36.9 Å². The summed E-state index contributed by atoms with van der Waals surface area (Å²) >= 11 is 0. The first-order valence-electron chi connectivity index (χ1n) is 6.56. The zero-order valence-corrected chi connectivity index (χ0v) is 10.8. The van der Waals surface area contributed by atoms with Gasteiger partial charge in [0.15, 0.2) is 0 Å². The van der Waals surface area contributed by atoms with Gasteiger partial charge in [0.25, 0.3) is 0 Å². The largest absolute Gasteiger partial charge is 0.445 e. The number of rotatable bonds is 5. The maximum atomic E-state index is 11.5. The molecule has 0 saturated carbocycles. The molecule has 0 bridgehead atoms. The third-order valence-electron chi connectivity index (χ3n) is 3.28. The van der Waals surface area contributed by atoms with Crippen molar-refractivity contribution in [3.63, 3.8) is 0 Å². The predicted molar refractivity (Wildman–Crippen MR) is 71.6 cm³/mol. The Bertz CT molecular complexity index is 397. The summed E-state index contributed by atoms with van der Waals surface area (Å²) in [4.78, 5) is 11.5. The van der Waals surface area contributed by atoms with Crippen molar-refractivity contribution in [1.29, 1.82) is 0 Å². The minimum atomic E-state index is -0.392. The summed E-state index contributed by atoms with van der Waals surface area (Å²) in [5, 5.41) is 14.9. The number of hydrogen-bond acceptors (Lipinski definition) is 4. The van der Waals surface area contributed by atoms with Crippen molar-refractivity contribution in [2.24, 2.45) is 5.92 Å². The van der Waals surface area contributed by atoms with E-state index in [-0.39, 0.29) is 19.3 Å². The van der Waals surface area contributed by atoms with Gasteiger partial charge < -0.3 is 20.5 Å². The number of aliphatic hydroxyl groups excluding tert-OH is 1. The lowest BCUT2D eigenvalue weighted by atomic mass is 10.1. The summed E-state index contributed by atoms with van der Waals surface area (Å²) in [5.74, 6) is 0.362. The summed E-state index contributed by atoms with van der Waals surface area (Å²) in [6.07, 6.45) is 0.492. The van der Waals surface area contributed by atoms with Crippen LogP contribution in [0.5, 0.6) is 0 Å². The molecule has 1 aromatic rings. The van der Waals surface area contributed by atoms with Gasteiger partial charge in [-0.3, -0.25) is 0 Å². The summed E-state index contributed by atoms with van der Waals surface area (Å²) < 4.78 is 5.12.